The number of aromatic nitrogens is 6. The van der Waals surface area contributed by atoms with Crippen LogP contribution in [0.4, 0.5) is 0 Å². The largest absolute Gasteiger partial charge is 0.345 e. The minimum Gasteiger partial charge on any atom is -0.345 e. The van der Waals surface area contributed by atoms with Crippen molar-refractivity contribution in [1.82, 2.24) is 40.0 Å². The molecule has 4 rings (SSSR count). The summed E-state index contributed by atoms with van der Waals surface area (Å²) in [7, 11) is 0. The molecular formula is C17H20N8O2. The van der Waals surface area contributed by atoms with Crippen LogP contribution in [0.25, 0.3) is 5.65 Å². The van der Waals surface area contributed by atoms with Crippen molar-refractivity contribution in [2.24, 2.45) is 5.92 Å². The van der Waals surface area contributed by atoms with Crippen LogP contribution in [0.5, 0.6) is 0 Å². The maximum atomic E-state index is 12.5. The molecule has 0 atom stereocenters. The second kappa shape index (κ2) is 6.78. The molecule has 0 aliphatic carbocycles. The Morgan fingerprint density at radius 2 is 2.11 bits per heavy atom. The smallest absolute Gasteiger partial charge is 0.270 e. The third kappa shape index (κ3) is 3.25. The molecule has 4 heterocycles. The second-order valence-electron chi connectivity index (χ2n) is 6.81. The number of fused-ring (bicyclic) bond motifs is 2. The summed E-state index contributed by atoms with van der Waals surface area (Å²) in [5.74, 6) is -0.158. The van der Waals surface area contributed by atoms with Gasteiger partial charge in [-0.2, -0.15) is 9.61 Å². The Morgan fingerprint density at radius 3 is 2.93 bits per heavy atom. The van der Waals surface area contributed by atoms with E-state index in [1.165, 1.54) is 4.52 Å². The molecule has 0 radical (unpaired) electrons. The van der Waals surface area contributed by atoms with E-state index in [1.807, 2.05) is 29.5 Å². The van der Waals surface area contributed by atoms with Gasteiger partial charge < -0.3 is 10.2 Å². The van der Waals surface area contributed by atoms with Crippen LogP contribution in [0.1, 0.15) is 35.7 Å². The van der Waals surface area contributed by atoms with E-state index < -0.39 is 0 Å². The van der Waals surface area contributed by atoms with Gasteiger partial charge in [0.15, 0.2) is 5.65 Å². The Morgan fingerprint density at radius 1 is 1.26 bits per heavy atom. The van der Waals surface area contributed by atoms with E-state index in [4.69, 9.17) is 0 Å². The van der Waals surface area contributed by atoms with Gasteiger partial charge in [0, 0.05) is 12.5 Å². The van der Waals surface area contributed by atoms with Gasteiger partial charge in [0.2, 0.25) is 5.91 Å². The van der Waals surface area contributed by atoms with Crippen molar-refractivity contribution in [1.29, 1.82) is 0 Å². The zero-order chi connectivity index (χ0) is 19.0. The molecular weight excluding hydrogens is 348 g/mol. The number of tetrazole rings is 1. The first-order valence-corrected chi connectivity index (χ1v) is 8.82. The van der Waals surface area contributed by atoms with Gasteiger partial charge in [-0.25, -0.2) is 0 Å². The van der Waals surface area contributed by atoms with Crippen molar-refractivity contribution in [2.75, 3.05) is 6.54 Å². The number of rotatable bonds is 4. The summed E-state index contributed by atoms with van der Waals surface area (Å²) >= 11 is 0. The Hall–Kier alpha value is -3.30. The van der Waals surface area contributed by atoms with Gasteiger partial charge >= 0.3 is 0 Å². The molecule has 2 amide bonds. The Balaban J connectivity index is 1.44. The standard InChI is InChI=1S/C17H20N8O2/c1-11(2)17(27)23-6-7-24-13(10-23)8-12(20-24)9-18-16(26)14-4-3-5-15-19-21-22-25(14)15/h3-5,8,11H,6-7,9-10H2,1-2H3,(H,18,26). The molecule has 0 aromatic carbocycles. The quantitative estimate of drug-likeness (QED) is 0.707. The lowest BCUT2D eigenvalue weighted by Crippen LogP contribution is -2.40. The number of hydrogen-bond acceptors (Lipinski definition) is 6. The first-order chi connectivity index (χ1) is 13.0. The number of pyridine rings is 1. The molecule has 1 N–H and O–H groups in total. The van der Waals surface area contributed by atoms with Crippen LogP contribution in [0.3, 0.4) is 0 Å². The summed E-state index contributed by atoms with van der Waals surface area (Å²) in [6, 6.07) is 7.05. The SMILES string of the molecule is CC(C)C(=O)N1CCn2nc(CNC(=O)c3cccc4nnnn34)cc2C1. The minimum atomic E-state index is -0.282. The van der Waals surface area contributed by atoms with Gasteiger partial charge in [-0.15, -0.1) is 5.10 Å². The van der Waals surface area contributed by atoms with Crippen LogP contribution < -0.4 is 5.32 Å². The normalized spacial score (nSPS) is 13.8. The predicted molar refractivity (Wildman–Crippen MR) is 94.4 cm³/mol. The average molecular weight is 368 g/mol. The van der Waals surface area contributed by atoms with Crippen molar-refractivity contribution in [3.05, 3.63) is 41.3 Å². The maximum absolute atomic E-state index is 12.5. The Bertz CT molecular complexity index is 1010. The molecule has 10 heteroatoms. The Labute approximate surface area is 155 Å². The lowest BCUT2D eigenvalue weighted by molar-refractivity contribution is -0.136. The lowest BCUT2D eigenvalue weighted by Gasteiger charge is -2.29. The third-order valence-electron chi connectivity index (χ3n) is 4.54. The molecule has 0 unspecified atom stereocenters. The molecule has 140 valence electrons. The fraction of sp³-hybridized carbons (Fsp3) is 0.412. The lowest BCUT2D eigenvalue weighted by atomic mass is 10.1. The molecule has 3 aromatic rings. The van der Waals surface area contributed by atoms with Crippen molar-refractivity contribution in [2.45, 2.75) is 33.5 Å². The highest BCUT2D eigenvalue weighted by Crippen LogP contribution is 2.16. The highest BCUT2D eigenvalue weighted by molar-refractivity contribution is 5.92. The number of hydrogen-bond donors (Lipinski definition) is 1. The summed E-state index contributed by atoms with van der Waals surface area (Å²) in [6.45, 7) is 5.95. The number of nitrogens with zero attached hydrogens (tertiary/aromatic N) is 7. The number of carbonyl (C=O) groups excluding carboxylic acids is 2. The van der Waals surface area contributed by atoms with Crippen molar-refractivity contribution < 1.29 is 9.59 Å². The van der Waals surface area contributed by atoms with Gasteiger partial charge in [-0.1, -0.05) is 19.9 Å². The number of amides is 2. The van der Waals surface area contributed by atoms with Crippen LogP contribution in [-0.4, -0.2) is 53.1 Å². The molecule has 0 spiro atoms. The molecule has 0 saturated carbocycles. The van der Waals surface area contributed by atoms with E-state index in [9.17, 15) is 9.59 Å². The summed E-state index contributed by atoms with van der Waals surface area (Å²) in [5, 5.41) is 18.6. The summed E-state index contributed by atoms with van der Waals surface area (Å²) in [6.07, 6.45) is 0. The van der Waals surface area contributed by atoms with Gasteiger partial charge in [0.1, 0.15) is 5.69 Å². The maximum Gasteiger partial charge on any atom is 0.270 e. The van der Waals surface area contributed by atoms with Crippen LogP contribution in [0.15, 0.2) is 24.3 Å². The van der Waals surface area contributed by atoms with Gasteiger partial charge in [-0.05, 0) is 28.6 Å². The molecule has 0 fully saturated rings. The molecule has 1 aliphatic heterocycles. The number of nitrogens with one attached hydrogen (secondary N) is 1. The zero-order valence-electron chi connectivity index (χ0n) is 15.2. The highest BCUT2D eigenvalue weighted by atomic mass is 16.2. The molecule has 1 aliphatic rings. The molecule has 10 nitrogen and oxygen atoms in total. The van der Waals surface area contributed by atoms with Crippen molar-refractivity contribution >= 4 is 17.5 Å². The Kier molecular flexibility index (Phi) is 4.30. The predicted octanol–water partition coefficient (Wildman–Crippen LogP) is 0.249. The average Bonchev–Trinajstić information content (AvgIpc) is 3.30. The second-order valence-corrected chi connectivity index (χ2v) is 6.81. The monoisotopic (exact) mass is 368 g/mol. The fourth-order valence-electron chi connectivity index (χ4n) is 3.16. The highest BCUT2D eigenvalue weighted by Gasteiger charge is 2.24. The van der Waals surface area contributed by atoms with Crippen LogP contribution in [0, 0.1) is 5.92 Å². The summed E-state index contributed by atoms with van der Waals surface area (Å²) in [5.41, 5.74) is 2.59. The van der Waals surface area contributed by atoms with Crippen LogP contribution in [-0.2, 0) is 24.4 Å². The minimum absolute atomic E-state index is 0.0211. The topological polar surface area (TPSA) is 110 Å². The summed E-state index contributed by atoms with van der Waals surface area (Å²) < 4.78 is 3.29. The van der Waals surface area contributed by atoms with E-state index in [-0.39, 0.29) is 24.3 Å². The first kappa shape index (κ1) is 17.1. The van der Waals surface area contributed by atoms with Crippen molar-refractivity contribution in [3.8, 4) is 0 Å². The first-order valence-electron chi connectivity index (χ1n) is 8.82. The van der Waals surface area contributed by atoms with Gasteiger partial charge in [0.25, 0.3) is 5.91 Å². The molecule has 3 aromatic heterocycles. The summed E-state index contributed by atoms with van der Waals surface area (Å²) in [4.78, 5) is 26.5. The van der Waals surface area contributed by atoms with Gasteiger partial charge in [0.05, 0.1) is 31.0 Å². The van der Waals surface area contributed by atoms with Gasteiger partial charge in [-0.3, -0.25) is 14.3 Å². The van der Waals surface area contributed by atoms with E-state index in [2.05, 4.69) is 25.9 Å². The van der Waals surface area contributed by atoms with E-state index in [1.54, 1.807) is 18.2 Å². The third-order valence-corrected chi connectivity index (χ3v) is 4.54. The van der Waals surface area contributed by atoms with E-state index in [0.29, 0.717) is 31.0 Å². The van der Waals surface area contributed by atoms with Crippen LogP contribution >= 0.6 is 0 Å². The van der Waals surface area contributed by atoms with Crippen molar-refractivity contribution in [3.63, 3.8) is 0 Å². The van der Waals surface area contributed by atoms with Crippen LogP contribution in [0.2, 0.25) is 0 Å². The van der Waals surface area contributed by atoms with E-state index >= 15 is 0 Å². The molecule has 0 bridgehead atoms. The van der Waals surface area contributed by atoms with E-state index in [0.717, 1.165) is 11.4 Å². The number of carbonyl (C=O) groups is 2. The zero-order valence-corrected chi connectivity index (χ0v) is 15.2. The molecule has 27 heavy (non-hydrogen) atoms. The molecule has 0 saturated heterocycles. The fourth-order valence-corrected chi connectivity index (χ4v) is 3.16.